The third kappa shape index (κ3) is 4.72. The highest BCUT2D eigenvalue weighted by molar-refractivity contribution is 7.80. The molecule has 2 aliphatic heterocycles. The fourth-order valence-corrected chi connectivity index (χ4v) is 4.58. The standard InChI is InChI=1S/C23H29N3OS/c27-23(12-6-13-25(18-23)15-19-7-2-1-3-8-19)17-24-22(28)26-14-11-20-9-4-5-10-21(20)16-26/h1-5,7-10,27H,6,11-18H2,(H,24,28). The quantitative estimate of drug-likeness (QED) is 0.779. The van der Waals surface area contributed by atoms with Crippen molar-refractivity contribution >= 4 is 17.3 Å². The molecule has 2 aromatic carbocycles. The Labute approximate surface area is 173 Å². The van der Waals surface area contributed by atoms with E-state index in [1.807, 2.05) is 6.07 Å². The topological polar surface area (TPSA) is 38.7 Å². The maximum Gasteiger partial charge on any atom is 0.169 e. The number of thiocarbonyl (C=S) groups is 1. The molecular weight excluding hydrogens is 366 g/mol. The van der Waals surface area contributed by atoms with Crippen LogP contribution in [0.4, 0.5) is 0 Å². The minimum atomic E-state index is -0.731. The van der Waals surface area contributed by atoms with Crippen molar-refractivity contribution in [1.82, 2.24) is 15.1 Å². The highest BCUT2D eigenvalue weighted by atomic mass is 32.1. The molecule has 1 saturated heterocycles. The molecule has 1 unspecified atom stereocenters. The minimum absolute atomic E-state index is 0.509. The summed E-state index contributed by atoms with van der Waals surface area (Å²) in [6.45, 7) is 4.89. The first-order valence-electron chi connectivity index (χ1n) is 10.2. The first kappa shape index (κ1) is 19.4. The van der Waals surface area contributed by atoms with Gasteiger partial charge in [0.1, 0.15) is 0 Å². The van der Waals surface area contributed by atoms with Gasteiger partial charge in [0.25, 0.3) is 0 Å². The van der Waals surface area contributed by atoms with Crippen LogP contribution in [0.15, 0.2) is 54.6 Å². The van der Waals surface area contributed by atoms with Gasteiger partial charge in [0.2, 0.25) is 0 Å². The molecule has 2 heterocycles. The van der Waals surface area contributed by atoms with E-state index >= 15 is 0 Å². The number of rotatable bonds is 4. The predicted octanol–water partition coefficient (Wildman–Crippen LogP) is 2.95. The smallest absolute Gasteiger partial charge is 0.169 e. The minimum Gasteiger partial charge on any atom is -0.387 e. The number of fused-ring (bicyclic) bond motifs is 1. The Balaban J connectivity index is 1.30. The van der Waals surface area contributed by atoms with Gasteiger partial charge in [0.05, 0.1) is 5.60 Å². The highest BCUT2D eigenvalue weighted by Gasteiger charge is 2.33. The summed E-state index contributed by atoms with van der Waals surface area (Å²) in [7, 11) is 0. The van der Waals surface area contributed by atoms with E-state index in [1.54, 1.807) is 0 Å². The first-order valence-corrected chi connectivity index (χ1v) is 10.6. The number of β-amino-alcohol motifs (C(OH)–C–C–N with tert-alkyl or cyclic N) is 1. The number of nitrogens with one attached hydrogen (secondary N) is 1. The van der Waals surface area contributed by atoms with Gasteiger partial charge in [0, 0.05) is 32.7 Å². The molecule has 4 nitrogen and oxygen atoms in total. The number of nitrogens with zero attached hydrogens (tertiary/aromatic N) is 2. The van der Waals surface area contributed by atoms with Crippen molar-refractivity contribution in [2.45, 2.75) is 38.0 Å². The maximum atomic E-state index is 11.1. The number of aliphatic hydroxyl groups is 1. The normalized spacial score (nSPS) is 22.5. The van der Waals surface area contributed by atoms with Crippen LogP contribution >= 0.6 is 12.2 Å². The first-order chi connectivity index (χ1) is 13.6. The molecular formula is C23H29N3OS. The van der Waals surface area contributed by atoms with Crippen molar-refractivity contribution in [3.05, 3.63) is 71.3 Å². The van der Waals surface area contributed by atoms with E-state index < -0.39 is 5.60 Å². The molecule has 0 aliphatic carbocycles. The highest BCUT2D eigenvalue weighted by Crippen LogP contribution is 2.23. The predicted molar refractivity (Wildman–Crippen MR) is 117 cm³/mol. The average molecular weight is 396 g/mol. The van der Waals surface area contributed by atoms with Gasteiger partial charge >= 0.3 is 0 Å². The zero-order chi connectivity index (χ0) is 19.4. The Morgan fingerprint density at radius 2 is 1.79 bits per heavy atom. The summed E-state index contributed by atoms with van der Waals surface area (Å²) in [4.78, 5) is 4.56. The maximum absolute atomic E-state index is 11.1. The van der Waals surface area contributed by atoms with Crippen LogP contribution in [0.5, 0.6) is 0 Å². The van der Waals surface area contributed by atoms with Crippen LogP contribution in [0, 0.1) is 0 Å². The summed E-state index contributed by atoms with van der Waals surface area (Å²) >= 11 is 5.65. The molecule has 2 aromatic rings. The Bertz CT molecular complexity index is 813. The van der Waals surface area contributed by atoms with Crippen LogP contribution in [0.3, 0.4) is 0 Å². The van der Waals surface area contributed by atoms with Gasteiger partial charge < -0.3 is 15.3 Å². The molecule has 0 amide bonds. The van der Waals surface area contributed by atoms with E-state index in [1.165, 1.54) is 16.7 Å². The van der Waals surface area contributed by atoms with Crippen LogP contribution in [-0.2, 0) is 19.5 Å². The largest absolute Gasteiger partial charge is 0.387 e. The van der Waals surface area contributed by atoms with Gasteiger partial charge in [-0.15, -0.1) is 0 Å². The lowest BCUT2D eigenvalue weighted by molar-refractivity contribution is -0.0292. The molecule has 1 fully saturated rings. The number of hydrogen-bond acceptors (Lipinski definition) is 3. The van der Waals surface area contributed by atoms with E-state index in [2.05, 4.69) is 63.6 Å². The molecule has 5 heteroatoms. The Morgan fingerprint density at radius 1 is 1.04 bits per heavy atom. The van der Waals surface area contributed by atoms with Gasteiger partial charge in [-0.05, 0) is 54.7 Å². The summed E-state index contributed by atoms with van der Waals surface area (Å²) in [5, 5.41) is 15.3. The van der Waals surface area contributed by atoms with Crippen LogP contribution in [0.1, 0.15) is 29.5 Å². The Hall–Kier alpha value is -1.95. The third-order valence-corrected chi connectivity index (χ3v) is 6.27. The number of hydrogen-bond donors (Lipinski definition) is 2. The molecule has 2 N–H and O–H groups in total. The van der Waals surface area contributed by atoms with Crippen LogP contribution in [-0.4, -0.2) is 51.8 Å². The summed E-state index contributed by atoms with van der Waals surface area (Å²) < 4.78 is 0. The van der Waals surface area contributed by atoms with Gasteiger partial charge in [-0.3, -0.25) is 4.90 Å². The molecule has 2 aliphatic rings. The number of piperidine rings is 1. The fraction of sp³-hybridized carbons (Fsp3) is 0.435. The monoisotopic (exact) mass is 395 g/mol. The molecule has 0 saturated carbocycles. The fourth-order valence-electron chi connectivity index (χ4n) is 4.35. The molecule has 0 radical (unpaired) electrons. The van der Waals surface area contributed by atoms with Gasteiger partial charge in [-0.2, -0.15) is 0 Å². The molecule has 1 atom stereocenters. The Morgan fingerprint density at radius 3 is 2.61 bits per heavy atom. The number of benzene rings is 2. The van der Waals surface area contributed by atoms with E-state index in [9.17, 15) is 5.11 Å². The second kappa shape index (κ2) is 8.60. The van der Waals surface area contributed by atoms with Gasteiger partial charge in [0.15, 0.2) is 5.11 Å². The van der Waals surface area contributed by atoms with Crippen molar-refractivity contribution < 1.29 is 5.11 Å². The zero-order valence-electron chi connectivity index (χ0n) is 16.3. The average Bonchev–Trinajstić information content (AvgIpc) is 2.72. The lowest BCUT2D eigenvalue weighted by atomic mass is 9.92. The van der Waals surface area contributed by atoms with Crippen LogP contribution in [0.25, 0.3) is 0 Å². The Kier molecular flexibility index (Phi) is 5.95. The second-order valence-corrected chi connectivity index (χ2v) is 8.51. The molecule has 0 spiro atoms. The zero-order valence-corrected chi connectivity index (χ0v) is 17.1. The van der Waals surface area contributed by atoms with Gasteiger partial charge in [-0.1, -0.05) is 54.6 Å². The molecule has 28 heavy (non-hydrogen) atoms. The summed E-state index contributed by atoms with van der Waals surface area (Å²) in [5.74, 6) is 0. The molecule has 0 bridgehead atoms. The SMILES string of the molecule is OC1(CNC(=S)N2CCc3ccccc3C2)CCCN(Cc2ccccc2)C1. The van der Waals surface area contributed by atoms with Crippen molar-refractivity contribution in [2.24, 2.45) is 0 Å². The van der Waals surface area contributed by atoms with Crippen LogP contribution < -0.4 is 5.32 Å². The summed E-state index contributed by atoms with van der Waals surface area (Å²) in [6, 6.07) is 19.1. The van der Waals surface area contributed by atoms with Crippen LogP contribution in [0.2, 0.25) is 0 Å². The van der Waals surface area contributed by atoms with Crippen molar-refractivity contribution in [2.75, 3.05) is 26.2 Å². The molecule has 4 rings (SSSR count). The lowest BCUT2D eigenvalue weighted by Gasteiger charge is -2.40. The van der Waals surface area contributed by atoms with Crippen molar-refractivity contribution in [3.63, 3.8) is 0 Å². The van der Waals surface area contributed by atoms with Gasteiger partial charge in [-0.25, -0.2) is 0 Å². The second-order valence-electron chi connectivity index (χ2n) is 8.12. The number of likely N-dealkylation sites (tertiary alicyclic amines) is 1. The summed E-state index contributed by atoms with van der Waals surface area (Å²) in [5.41, 5.74) is 3.33. The van der Waals surface area contributed by atoms with E-state index in [0.29, 0.717) is 13.1 Å². The van der Waals surface area contributed by atoms with E-state index in [0.717, 1.165) is 50.6 Å². The van der Waals surface area contributed by atoms with E-state index in [-0.39, 0.29) is 0 Å². The third-order valence-electron chi connectivity index (χ3n) is 5.87. The van der Waals surface area contributed by atoms with Crippen molar-refractivity contribution in [3.8, 4) is 0 Å². The van der Waals surface area contributed by atoms with E-state index in [4.69, 9.17) is 12.2 Å². The summed E-state index contributed by atoms with van der Waals surface area (Å²) in [6.07, 6.45) is 2.85. The molecule has 148 valence electrons. The molecule has 0 aromatic heterocycles. The lowest BCUT2D eigenvalue weighted by Crippen LogP contribution is -2.55. The van der Waals surface area contributed by atoms with Crippen molar-refractivity contribution in [1.29, 1.82) is 0 Å².